The van der Waals surface area contributed by atoms with Gasteiger partial charge < -0.3 is 9.84 Å². The summed E-state index contributed by atoms with van der Waals surface area (Å²) in [4.78, 5) is 4.30. The van der Waals surface area contributed by atoms with Crippen molar-refractivity contribution in [2.24, 2.45) is 0 Å². The molecule has 0 aliphatic heterocycles. The van der Waals surface area contributed by atoms with Gasteiger partial charge in [0.2, 0.25) is 5.82 Å². The molecule has 2 heterocycles. The van der Waals surface area contributed by atoms with Crippen molar-refractivity contribution in [3.8, 4) is 23.0 Å². The third kappa shape index (κ3) is 3.65. The van der Waals surface area contributed by atoms with Gasteiger partial charge in [0.25, 0.3) is 5.89 Å². The van der Waals surface area contributed by atoms with Crippen LogP contribution in [0.4, 0.5) is 10.2 Å². The predicted molar refractivity (Wildman–Crippen MR) is 91.2 cm³/mol. The summed E-state index contributed by atoms with van der Waals surface area (Å²) >= 11 is 0. The van der Waals surface area contributed by atoms with Crippen molar-refractivity contribution in [3.63, 3.8) is 0 Å². The van der Waals surface area contributed by atoms with Crippen LogP contribution in [0.5, 0.6) is 0 Å². The lowest BCUT2D eigenvalue weighted by Gasteiger charge is -2.22. The topological polar surface area (TPSA) is 76.7 Å². The SMILES string of the molecule is Fc1ccc(-c2noc(-c3ccc(NC4CCCCC4)nn3)n2)cc1. The van der Waals surface area contributed by atoms with Crippen LogP contribution in [-0.2, 0) is 0 Å². The van der Waals surface area contributed by atoms with Crippen LogP contribution in [0.3, 0.4) is 0 Å². The molecule has 25 heavy (non-hydrogen) atoms. The quantitative estimate of drug-likeness (QED) is 0.772. The number of hydrogen-bond acceptors (Lipinski definition) is 6. The Hall–Kier alpha value is -2.83. The van der Waals surface area contributed by atoms with Gasteiger partial charge >= 0.3 is 0 Å². The van der Waals surface area contributed by atoms with Gasteiger partial charge in [0.05, 0.1) is 0 Å². The number of nitrogens with one attached hydrogen (secondary N) is 1. The maximum absolute atomic E-state index is 13.0. The van der Waals surface area contributed by atoms with E-state index >= 15 is 0 Å². The summed E-state index contributed by atoms with van der Waals surface area (Å²) in [6, 6.07) is 10.1. The van der Waals surface area contributed by atoms with E-state index in [0.717, 1.165) is 5.82 Å². The lowest BCUT2D eigenvalue weighted by molar-refractivity contribution is 0.430. The number of rotatable bonds is 4. The zero-order valence-corrected chi connectivity index (χ0v) is 13.7. The van der Waals surface area contributed by atoms with Gasteiger partial charge in [-0.05, 0) is 49.2 Å². The number of benzene rings is 1. The number of aromatic nitrogens is 4. The van der Waals surface area contributed by atoms with Crippen molar-refractivity contribution in [2.45, 2.75) is 38.1 Å². The summed E-state index contributed by atoms with van der Waals surface area (Å²) in [6.07, 6.45) is 6.19. The molecule has 0 atom stereocenters. The molecule has 128 valence electrons. The van der Waals surface area contributed by atoms with Crippen molar-refractivity contribution in [3.05, 3.63) is 42.2 Å². The second-order valence-electron chi connectivity index (χ2n) is 6.21. The highest BCUT2D eigenvalue weighted by Gasteiger charge is 2.15. The summed E-state index contributed by atoms with van der Waals surface area (Å²) in [7, 11) is 0. The third-order valence-corrected chi connectivity index (χ3v) is 4.37. The van der Waals surface area contributed by atoms with Crippen molar-refractivity contribution in [1.82, 2.24) is 20.3 Å². The number of halogens is 1. The first kappa shape index (κ1) is 15.7. The zero-order chi connectivity index (χ0) is 17.1. The second-order valence-corrected chi connectivity index (χ2v) is 6.21. The molecule has 0 saturated heterocycles. The molecular formula is C18H18FN5O. The van der Waals surface area contributed by atoms with Gasteiger partial charge in [0.15, 0.2) is 5.69 Å². The second kappa shape index (κ2) is 6.96. The fraction of sp³-hybridized carbons (Fsp3) is 0.333. The van der Waals surface area contributed by atoms with Crippen LogP contribution in [0.1, 0.15) is 32.1 Å². The van der Waals surface area contributed by atoms with Crippen LogP contribution in [0.15, 0.2) is 40.9 Å². The maximum atomic E-state index is 13.0. The van der Waals surface area contributed by atoms with E-state index in [-0.39, 0.29) is 11.7 Å². The Balaban J connectivity index is 1.47. The highest BCUT2D eigenvalue weighted by molar-refractivity contribution is 5.57. The van der Waals surface area contributed by atoms with Crippen molar-refractivity contribution in [2.75, 3.05) is 5.32 Å². The summed E-state index contributed by atoms with van der Waals surface area (Å²) in [6.45, 7) is 0. The fourth-order valence-electron chi connectivity index (χ4n) is 3.02. The maximum Gasteiger partial charge on any atom is 0.278 e. The lowest BCUT2D eigenvalue weighted by atomic mass is 9.95. The third-order valence-electron chi connectivity index (χ3n) is 4.37. The Labute approximate surface area is 144 Å². The molecule has 1 aliphatic carbocycles. The standard InChI is InChI=1S/C18H18FN5O/c19-13-8-6-12(7-9-13)17-21-18(25-24-17)15-10-11-16(23-22-15)20-14-4-2-1-3-5-14/h6-11,14H,1-5H2,(H,20,23). The normalized spacial score (nSPS) is 15.2. The Kier molecular flexibility index (Phi) is 4.37. The molecule has 6 nitrogen and oxygen atoms in total. The molecule has 1 saturated carbocycles. The summed E-state index contributed by atoms with van der Waals surface area (Å²) in [5.74, 6) is 1.13. The molecule has 7 heteroatoms. The molecule has 0 radical (unpaired) electrons. The molecular weight excluding hydrogens is 321 g/mol. The first-order valence-electron chi connectivity index (χ1n) is 8.48. The minimum Gasteiger partial charge on any atom is -0.366 e. The van der Waals surface area contributed by atoms with Gasteiger partial charge in [-0.3, -0.25) is 0 Å². The number of hydrogen-bond donors (Lipinski definition) is 1. The molecule has 0 unspecified atom stereocenters. The molecule has 0 spiro atoms. The lowest BCUT2D eigenvalue weighted by Crippen LogP contribution is -2.22. The van der Waals surface area contributed by atoms with Crippen LogP contribution in [-0.4, -0.2) is 26.4 Å². The van der Waals surface area contributed by atoms with Crippen LogP contribution in [0, 0.1) is 5.82 Å². The van der Waals surface area contributed by atoms with E-state index < -0.39 is 0 Å². The smallest absolute Gasteiger partial charge is 0.278 e. The molecule has 0 amide bonds. The van der Waals surface area contributed by atoms with Crippen molar-refractivity contribution in [1.29, 1.82) is 0 Å². The van der Waals surface area contributed by atoms with Gasteiger partial charge in [-0.25, -0.2) is 4.39 Å². The first-order chi connectivity index (χ1) is 12.3. The Morgan fingerprint density at radius 3 is 2.48 bits per heavy atom. The Morgan fingerprint density at radius 2 is 1.76 bits per heavy atom. The molecule has 4 rings (SSSR count). The van der Waals surface area contributed by atoms with E-state index in [1.165, 1.54) is 44.2 Å². The van der Waals surface area contributed by atoms with E-state index in [1.807, 2.05) is 6.07 Å². The van der Waals surface area contributed by atoms with Gasteiger partial charge in [-0.2, -0.15) is 4.98 Å². The van der Waals surface area contributed by atoms with E-state index in [2.05, 4.69) is 25.7 Å². The van der Waals surface area contributed by atoms with E-state index in [0.29, 0.717) is 23.1 Å². The van der Waals surface area contributed by atoms with Gasteiger partial charge in [0, 0.05) is 11.6 Å². The van der Waals surface area contributed by atoms with Gasteiger partial charge in [-0.15, -0.1) is 10.2 Å². The van der Waals surface area contributed by atoms with E-state index in [4.69, 9.17) is 4.52 Å². The number of nitrogens with zero attached hydrogens (tertiary/aromatic N) is 4. The largest absolute Gasteiger partial charge is 0.366 e. The molecule has 1 aromatic carbocycles. The van der Waals surface area contributed by atoms with E-state index in [1.54, 1.807) is 18.2 Å². The highest BCUT2D eigenvalue weighted by atomic mass is 19.1. The monoisotopic (exact) mass is 339 g/mol. The average Bonchev–Trinajstić information content (AvgIpc) is 3.14. The van der Waals surface area contributed by atoms with Crippen LogP contribution < -0.4 is 5.32 Å². The van der Waals surface area contributed by atoms with E-state index in [9.17, 15) is 4.39 Å². The molecule has 2 aromatic heterocycles. The Morgan fingerprint density at radius 1 is 0.960 bits per heavy atom. The van der Waals surface area contributed by atoms with Crippen LogP contribution in [0.2, 0.25) is 0 Å². The molecule has 1 N–H and O–H groups in total. The first-order valence-corrected chi connectivity index (χ1v) is 8.48. The van der Waals surface area contributed by atoms with Crippen LogP contribution in [0.25, 0.3) is 23.0 Å². The highest BCUT2D eigenvalue weighted by Crippen LogP contribution is 2.23. The Bertz CT molecular complexity index is 825. The molecule has 0 bridgehead atoms. The summed E-state index contributed by atoms with van der Waals surface area (Å²) in [5, 5.41) is 15.7. The minimum atomic E-state index is -0.306. The summed E-state index contributed by atoms with van der Waals surface area (Å²) < 4.78 is 18.2. The average molecular weight is 339 g/mol. The molecule has 3 aromatic rings. The summed E-state index contributed by atoms with van der Waals surface area (Å²) in [5.41, 5.74) is 1.19. The van der Waals surface area contributed by atoms with Crippen molar-refractivity contribution < 1.29 is 8.91 Å². The fourth-order valence-corrected chi connectivity index (χ4v) is 3.02. The van der Waals surface area contributed by atoms with Gasteiger partial charge in [0.1, 0.15) is 11.6 Å². The zero-order valence-electron chi connectivity index (χ0n) is 13.7. The van der Waals surface area contributed by atoms with Crippen molar-refractivity contribution >= 4 is 5.82 Å². The molecule has 1 fully saturated rings. The van der Waals surface area contributed by atoms with Crippen LogP contribution >= 0.6 is 0 Å². The minimum absolute atomic E-state index is 0.288. The number of anilines is 1. The molecule has 1 aliphatic rings. The predicted octanol–water partition coefficient (Wildman–Crippen LogP) is 4.08. The van der Waals surface area contributed by atoms with Gasteiger partial charge in [-0.1, -0.05) is 24.4 Å².